The molecule has 1 amide bonds. The minimum atomic E-state index is -0.450. The van der Waals surface area contributed by atoms with Crippen LogP contribution in [-0.2, 0) is 6.54 Å². The topological polar surface area (TPSA) is 86.5 Å². The van der Waals surface area contributed by atoms with E-state index >= 15 is 0 Å². The lowest BCUT2D eigenvalue weighted by Crippen LogP contribution is -2.23. The zero-order valence-electron chi connectivity index (χ0n) is 14.2. The average Bonchev–Trinajstić information content (AvgIpc) is 3.16. The summed E-state index contributed by atoms with van der Waals surface area (Å²) in [5, 5.41) is 10.5. The highest BCUT2D eigenvalue weighted by atomic mass is 79.9. The first-order valence-electron chi connectivity index (χ1n) is 7.69. The van der Waals surface area contributed by atoms with Gasteiger partial charge in [-0.2, -0.15) is 0 Å². The zero-order valence-corrected chi connectivity index (χ0v) is 15.7. The SMILES string of the molecule is COc1ccc(CNC(=O)c2nnc(-c3cccc(Br)c3)o2)cc1OC. The number of methoxy groups -OCH3 is 2. The Morgan fingerprint density at radius 1 is 1.12 bits per heavy atom. The highest BCUT2D eigenvalue weighted by Gasteiger charge is 2.16. The van der Waals surface area contributed by atoms with Gasteiger partial charge in [0.2, 0.25) is 5.89 Å². The van der Waals surface area contributed by atoms with Gasteiger partial charge < -0.3 is 19.2 Å². The molecule has 8 heteroatoms. The van der Waals surface area contributed by atoms with Gasteiger partial charge in [-0.05, 0) is 35.9 Å². The van der Waals surface area contributed by atoms with Gasteiger partial charge in [0.15, 0.2) is 11.5 Å². The number of aromatic nitrogens is 2. The predicted molar refractivity (Wildman–Crippen MR) is 98.2 cm³/mol. The van der Waals surface area contributed by atoms with Crippen LogP contribution in [0.4, 0.5) is 0 Å². The van der Waals surface area contributed by atoms with Crippen LogP contribution in [0.25, 0.3) is 11.5 Å². The van der Waals surface area contributed by atoms with Crippen molar-refractivity contribution in [1.29, 1.82) is 0 Å². The summed E-state index contributed by atoms with van der Waals surface area (Å²) in [6, 6.07) is 12.8. The molecule has 0 saturated heterocycles. The number of benzene rings is 2. The summed E-state index contributed by atoms with van der Waals surface area (Å²) >= 11 is 3.38. The summed E-state index contributed by atoms with van der Waals surface area (Å²) < 4.78 is 16.8. The quantitative estimate of drug-likeness (QED) is 0.660. The second-order valence-corrected chi connectivity index (χ2v) is 6.21. The van der Waals surface area contributed by atoms with Crippen LogP contribution >= 0.6 is 15.9 Å². The Balaban J connectivity index is 1.67. The van der Waals surface area contributed by atoms with Gasteiger partial charge in [-0.1, -0.05) is 28.1 Å². The zero-order chi connectivity index (χ0) is 18.5. The van der Waals surface area contributed by atoms with E-state index in [2.05, 4.69) is 31.4 Å². The van der Waals surface area contributed by atoms with Gasteiger partial charge in [0.25, 0.3) is 0 Å². The molecule has 0 fully saturated rings. The molecule has 2 aromatic carbocycles. The number of halogens is 1. The fourth-order valence-corrected chi connectivity index (χ4v) is 2.70. The molecule has 1 heterocycles. The van der Waals surface area contributed by atoms with Crippen molar-refractivity contribution in [3.05, 3.63) is 58.4 Å². The molecule has 0 aliphatic heterocycles. The second kappa shape index (κ2) is 8.01. The Labute approximate surface area is 158 Å². The molecule has 26 heavy (non-hydrogen) atoms. The Bertz CT molecular complexity index is 926. The van der Waals surface area contributed by atoms with E-state index in [0.29, 0.717) is 11.5 Å². The summed E-state index contributed by atoms with van der Waals surface area (Å²) in [6.07, 6.45) is 0. The Hall–Kier alpha value is -2.87. The maximum atomic E-state index is 12.2. The fourth-order valence-electron chi connectivity index (χ4n) is 2.30. The van der Waals surface area contributed by atoms with Gasteiger partial charge in [-0.25, -0.2) is 0 Å². The molecule has 3 aromatic rings. The minimum absolute atomic E-state index is 0.0968. The van der Waals surface area contributed by atoms with Crippen molar-refractivity contribution in [3.8, 4) is 23.0 Å². The summed E-state index contributed by atoms with van der Waals surface area (Å²) in [6.45, 7) is 0.286. The van der Waals surface area contributed by atoms with E-state index in [1.807, 2.05) is 30.3 Å². The van der Waals surface area contributed by atoms with Crippen molar-refractivity contribution in [2.24, 2.45) is 0 Å². The number of hydrogen-bond donors (Lipinski definition) is 1. The first-order valence-corrected chi connectivity index (χ1v) is 8.48. The standard InChI is InChI=1S/C18H16BrN3O4/c1-24-14-7-6-11(8-15(14)25-2)10-20-16(23)18-22-21-17(26-18)12-4-3-5-13(19)9-12/h3-9H,10H2,1-2H3,(H,20,23). The monoisotopic (exact) mass is 417 g/mol. The lowest BCUT2D eigenvalue weighted by atomic mass is 10.2. The van der Waals surface area contributed by atoms with Crippen LogP contribution in [0.1, 0.15) is 16.2 Å². The third kappa shape index (κ3) is 4.02. The number of nitrogens with zero attached hydrogens (tertiary/aromatic N) is 2. The molecule has 1 N–H and O–H groups in total. The van der Waals surface area contributed by atoms with E-state index in [9.17, 15) is 4.79 Å². The lowest BCUT2D eigenvalue weighted by Gasteiger charge is -2.09. The second-order valence-electron chi connectivity index (χ2n) is 5.29. The molecule has 0 aliphatic rings. The molecular weight excluding hydrogens is 402 g/mol. The van der Waals surface area contributed by atoms with Crippen LogP contribution in [0, 0.1) is 0 Å². The number of carbonyl (C=O) groups excluding carboxylic acids is 1. The van der Waals surface area contributed by atoms with Crippen molar-refractivity contribution in [2.75, 3.05) is 14.2 Å². The molecule has 1 aromatic heterocycles. The third-order valence-corrected chi connectivity index (χ3v) is 4.09. The number of amides is 1. The molecular formula is C18H16BrN3O4. The van der Waals surface area contributed by atoms with E-state index < -0.39 is 5.91 Å². The van der Waals surface area contributed by atoms with Gasteiger partial charge >= 0.3 is 11.8 Å². The van der Waals surface area contributed by atoms with Gasteiger partial charge in [0.1, 0.15) is 0 Å². The largest absolute Gasteiger partial charge is 0.493 e. The van der Waals surface area contributed by atoms with Crippen molar-refractivity contribution in [2.45, 2.75) is 6.54 Å². The molecule has 3 rings (SSSR count). The number of rotatable bonds is 6. The van der Waals surface area contributed by atoms with E-state index in [-0.39, 0.29) is 18.3 Å². The van der Waals surface area contributed by atoms with Crippen LogP contribution in [0.15, 0.2) is 51.4 Å². The molecule has 0 spiro atoms. The summed E-state index contributed by atoms with van der Waals surface area (Å²) in [7, 11) is 3.12. The summed E-state index contributed by atoms with van der Waals surface area (Å²) in [5.74, 6) is 0.948. The smallest absolute Gasteiger partial charge is 0.309 e. The summed E-state index contributed by atoms with van der Waals surface area (Å²) in [5.41, 5.74) is 1.58. The fraction of sp³-hybridized carbons (Fsp3) is 0.167. The van der Waals surface area contributed by atoms with Crippen molar-refractivity contribution in [3.63, 3.8) is 0 Å². The van der Waals surface area contributed by atoms with Crippen molar-refractivity contribution >= 4 is 21.8 Å². The normalized spacial score (nSPS) is 10.4. The predicted octanol–water partition coefficient (Wildman–Crippen LogP) is 3.45. The van der Waals surface area contributed by atoms with Gasteiger partial charge in [0.05, 0.1) is 14.2 Å². The van der Waals surface area contributed by atoms with E-state index in [1.165, 1.54) is 0 Å². The van der Waals surface area contributed by atoms with Crippen LogP contribution in [0.2, 0.25) is 0 Å². The highest BCUT2D eigenvalue weighted by Crippen LogP contribution is 2.27. The molecule has 134 valence electrons. The van der Waals surface area contributed by atoms with Crippen LogP contribution in [0.5, 0.6) is 11.5 Å². The number of nitrogens with one attached hydrogen (secondary N) is 1. The van der Waals surface area contributed by atoms with Crippen LogP contribution in [-0.4, -0.2) is 30.3 Å². The number of hydrogen-bond acceptors (Lipinski definition) is 6. The Morgan fingerprint density at radius 2 is 1.92 bits per heavy atom. The minimum Gasteiger partial charge on any atom is -0.493 e. The van der Waals surface area contributed by atoms with E-state index in [4.69, 9.17) is 13.9 Å². The first-order chi connectivity index (χ1) is 12.6. The average molecular weight is 418 g/mol. The molecule has 0 saturated carbocycles. The first kappa shape index (κ1) is 17.9. The number of carbonyl (C=O) groups is 1. The molecule has 0 atom stereocenters. The maximum absolute atomic E-state index is 12.2. The van der Waals surface area contributed by atoms with Gasteiger partial charge in [0, 0.05) is 16.6 Å². The molecule has 0 bridgehead atoms. The van der Waals surface area contributed by atoms with Crippen LogP contribution in [0.3, 0.4) is 0 Å². The number of ether oxygens (including phenoxy) is 2. The Kier molecular flexibility index (Phi) is 5.52. The maximum Gasteiger partial charge on any atom is 0.309 e. The van der Waals surface area contributed by atoms with E-state index in [1.54, 1.807) is 26.4 Å². The van der Waals surface area contributed by atoms with Crippen molar-refractivity contribution in [1.82, 2.24) is 15.5 Å². The molecule has 7 nitrogen and oxygen atoms in total. The van der Waals surface area contributed by atoms with E-state index in [0.717, 1.165) is 15.6 Å². The highest BCUT2D eigenvalue weighted by molar-refractivity contribution is 9.10. The van der Waals surface area contributed by atoms with Crippen molar-refractivity contribution < 1.29 is 18.7 Å². The molecule has 0 unspecified atom stereocenters. The van der Waals surface area contributed by atoms with Gasteiger partial charge in [-0.15, -0.1) is 10.2 Å². The van der Waals surface area contributed by atoms with Crippen LogP contribution < -0.4 is 14.8 Å². The summed E-state index contributed by atoms with van der Waals surface area (Å²) in [4.78, 5) is 12.2. The molecule has 0 aliphatic carbocycles. The third-order valence-electron chi connectivity index (χ3n) is 3.59. The molecule has 0 radical (unpaired) electrons. The lowest BCUT2D eigenvalue weighted by molar-refractivity contribution is 0.0917. The Morgan fingerprint density at radius 3 is 2.65 bits per heavy atom. The van der Waals surface area contributed by atoms with Gasteiger partial charge in [-0.3, -0.25) is 4.79 Å².